The number of amides is 1. The molecule has 1 aromatic heterocycles. The van der Waals surface area contributed by atoms with Crippen LogP contribution in [0.4, 0.5) is 0 Å². The number of carbonyl (C=O) groups excluding carboxylic acids is 1. The summed E-state index contributed by atoms with van der Waals surface area (Å²) in [7, 11) is 1.64. The van der Waals surface area contributed by atoms with E-state index in [4.69, 9.17) is 9.72 Å². The van der Waals surface area contributed by atoms with Crippen molar-refractivity contribution >= 4 is 28.6 Å². The molecule has 1 amide bonds. The lowest BCUT2D eigenvalue weighted by Gasteiger charge is -2.16. The first kappa shape index (κ1) is 20.5. The molecule has 156 valence electrons. The van der Waals surface area contributed by atoms with Gasteiger partial charge in [-0.1, -0.05) is 36.0 Å². The Morgan fingerprint density at radius 1 is 1.23 bits per heavy atom. The minimum Gasteiger partial charge on any atom is -0.497 e. The first-order valence-corrected chi connectivity index (χ1v) is 11.0. The quantitative estimate of drug-likeness (QED) is 0.443. The van der Waals surface area contributed by atoms with Gasteiger partial charge in [0.2, 0.25) is 5.91 Å². The molecule has 0 aliphatic heterocycles. The minimum atomic E-state index is -0.348. The average Bonchev–Trinajstić information content (AvgIpc) is 3.59. The van der Waals surface area contributed by atoms with Crippen LogP contribution in [0.15, 0.2) is 58.5 Å². The summed E-state index contributed by atoms with van der Waals surface area (Å²) in [6.07, 6.45) is 2.71. The van der Waals surface area contributed by atoms with Gasteiger partial charge < -0.3 is 10.1 Å². The zero-order valence-corrected chi connectivity index (χ0v) is 17.9. The van der Waals surface area contributed by atoms with Gasteiger partial charge in [-0.15, -0.1) is 0 Å². The number of carbonyl (C=O) groups is 1. The molecule has 1 aliphatic carbocycles. The fraction of sp³-hybridized carbons (Fsp3) is 0.348. The van der Waals surface area contributed by atoms with Crippen LogP contribution in [-0.4, -0.2) is 34.4 Å². The van der Waals surface area contributed by atoms with Crippen molar-refractivity contribution in [1.29, 1.82) is 0 Å². The summed E-state index contributed by atoms with van der Waals surface area (Å²) in [5, 5.41) is 3.90. The van der Waals surface area contributed by atoms with Crippen LogP contribution in [0.2, 0.25) is 0 Å². The summed E-state index contributed by atoms with van der Waals surface area (Å²) in [5.74, 6) is 0.760. The lowest BCUT2D eigenvalue weighted by molar-refractivity contribution is -0.120. The molecule has 1 heterocycles. The number of ether oxygens (including phenoxy) is 1. The Balaban J connectivity index is 1.42. The van der Waals surface area contributed by atoms with Gasteiger partial charge in [0.15, 0.2) is 5.16 Å². The van der Waals surface area contributed by atoms with Gasteiger partial charge in [0.1, 0.15) is 5.75 Å². The van der Waals surface area contributed by atoms with Gasteiger partial charge in [-0.25, -0.2) is 4.98 Å². The SMILES string of the molecule is COc1ccc(CCNC(=O)C(C)Sc2nc3ccccc3c(=O)n2C2CC2)cc1. The monoisotopic (exact) mass is 423 g/mol. The lowest BCUT2D eigenvalue weighted by atomic mass is 10.1. The van der Waals surface area contributed by atoms with E-state index in [0.29, 0.717) is 22.6 Å². The second kappa shape index (κ2) is 8.92. The van der Waals surface area contributed by atoms with Crippen molar-refractivity contribution in [3.63, 3.8) is 0 Å². The van der Waals surface area contributed by atoms with Crippen LogP contribution >= 0.6 is 11.8 Å². The van der Waals surface area contributed by atoms with Gasteiger partial charge in [-0.2, -0.15) is 0 Å². The number of methoxy groups -OCH3 is 1. The third kappa shape index (κ3) is 4.51. The van der Waals surface area contributed by atoms with E-state index in [1.165, 1.54) is 11.8 Å². The molecule has 0 radical (unpaired) electrons. The van der Waals surface area contributed by atoms with Gasteiger partial charge >= 0.3 is 0 Å². The second-order valence-electron chi connectivity index (χ2n) is 7.47. The highest BCUT2D eigenvalue weighted by Crippen LogP contribution is 2.37. The van der Waals surface area contributed by atoms with Crippen LogP contribution < -0.4 is 15.6 Å². The van der Waals surface area contributed by atoms with Gasteiger partial charge in [-0.3, -0.25) is 14.2 Å². The number of hydrogen-bond donors (Lipinski definition) is 1. The molecule has 1 saturated carbocycles. The van der Waals surface area contributed by atoms with E-state index in [9.17, 15) is 9.59 Å². The molecule has 4 rings (SSSR count). The Labute approximate surface area is 179 Å². The van der Waals surface area contributed by atoms with Crippen molar-refractivity contribution in [1.82, 2.24) is 14.9 Å². The highest BCUT2D eigenvalue weighted by atomic mass is 32.2. The number of nitrogens with one attached hydrogen (secondary N) is 1. The van der Waals surface area contributed by atoms with Gasteiger partial charge in [0.25, 0.3) is 5.56 Å². The van der Waals surface area contributed by atoms with Gasteiger partial charge in [0.05, 0.1) is 23.3 Å². The number of benzene rings is 2. The molecule has 6 nitrogen and oxygen atoms in total. The van der Waals surface area contributed by atoms with Crippen molar-refractivity contribution in [3.05, 3.63) is 64.4 Å². The summed E-state index contributed by atoms with van der Waals surface area (Å²) >= 11 is 1.35. The number of fused-ring (bicyclic) bond motifs is 1. The maximum atomic E-state index is 13.0. The molecule has 30 heavy (non-hydrogen) atoms. The van der Waals surface area contributed by atoms with Crippen LogP contribution in [-0.2, 0) is 11.2 Å². The molecule has 1 aliphatic rings. The summed E-state index contributed by atoms with van der Waals surface area (Å²) in [6.45, 7) is 2.41. The Kier molecular flexibility index (Phi) is 6.08. The number of rotatable bonds is 8. The smallest absolute Gasteiger partial charge is 0.262 e. The molecular weight excluding hydrogens is 398 g/mol. The fourth-order valence-electron chi connectivity index (χ4n) is 3.34. The molecule has 2 aromatic carbocycles. The summed E-state index contributed by atoms with van der Waals surface area (Å²) < 4.78 is 6.94. The zero-order chi connectivity index (χ0) is 21.1. The van der Waals surface area contributed by atoms with Crippen molar-refractivity contribution < 1.29 is 9.53 Å². The lowest BCUT2D eigenvalue weighted by Crippen LogP contribution is -2.33. The number of para-hydroxylation sites is 1. The Bertz CT molecular complexity index is 1110. The number of hydrogen-bond acceptors (Lipinski definition) is 5. The van der Waals surface area contributed by atoms with E-state index < -0.39 is 0 Å². The molecular formula is C23H25N3O3S. The van der Waals surface area contributed by atoms with Crippen molar-refractivity contribution in [2.24, 2.45) is 0 Å². The van der Waals surface area contributed by atoms with Crippen LogP contribution in [0.25, 0.3) is 10.9 Å². The molecule has 0 saturated heterocycles. The Morgan fingerprint density at radius 2 is 1.97 bits per heavy atom. The predicted octanol–water partition coefficient (Wildman–Crippen LogP) is 3.58. The summed E-state index contributed by atoms with van der Waals surface area (Å²) in [6, 6.07) is 15.4. The normalized spacial score (nSPS) is 14.5. The van der Waals surface area contributed by atoms with Crippen molar-refractivity contribution in [3.8, 4) is 5.75 Å². The zero-order valence-electron chi connectivity index (χ0n) is 17.1. The highest BCUT2D eigenvalue weighted by Gasteiger charge is 2.30. The third-order valence-corrected chi connectivity index (χ3v) is 6.28. The molecule has 0 spiro atoms. The molecule has 0 bridgehead atoms. The van der Waals surface area contributed by atoms with Crippen molar-refractivity contribution in [2.75, 3.05) is 13.7 Å². The van der Waals surface area contributed by atoms with Crippen LogP contribution in [0, 0.1) is 0 Å². The average molecular weight is 424 g/mol. The molecule has 3 aromatic rings. The van der Waals surface area contributed by atoms with E-state index in [1.54, 1.807) is 11.7 Å². The topological polar surface area (TPSA) is 73.2 Å². The molecule has 1 unspecified atom stereocenters. The largest absolute Gasteiger partial charge is 0.497 e. The van der Waals surface area contributed by atoms with Crippen LogP contribution in [0.5, 0.6) is 5.75 Å². The Hall–Kier alpha value is -2.80. The van der Waals surface area contributed by atoms with E-state index in [-0.39, 0.29) is 22.8 Å². The summed E-state index contributed by atoms with van der Waals surface area (Å²) in [5.41, 5.74) is 1.79. The molecule has 7 heteroatoms. The maximum absolute atomic E-state index is 13.0. The predicted molar refractivity (Wildman–Crippen MR) is 119 cm³/mol. The molecule has 1 atom stereocenters. The number of nitrogens with zero attached hydrogens (tertiary/aromatic N) is 2. The number of aromatic nitrogens is 2. The second-order valence-corrected chi connectivity index (χ2v) is 8.77. The first-order valence-electron chi connectivity index (χ1n) is 10.2. The van der Waals surface area contributed by atoms with E-state index in [1.807, 2.05) is 55.5 Å². The van der Waals surface area contributed by atoms with E-state index in [0.717, 1.165) is 30.6 Å². The summed E-state index contributed by atoms with van der Waals surface area (Å²) in [4.78, 5) is 30.3. The molecule has 1 fully saturated rings. The Morgan fingerprint density at radius 3 is 2.67 bits per heavy atom. The highest BCUT2D eigenvalue weighted by molar-refractivity contribution is 8.00. The molecule has 1 N–H and O–H groups in total. The van der Waals surface area contributed by atoms with Crippen molar-refractivity contribution in [2.45, 2.75) is 42.6 Å². The third-order valence-electron chi connectivity index (χ3n) is 5.21. The van der Waals surface area contributed by atoms with Gasteiger partial charge in [-0.05, 0) is 56.0 Å². The first-order chi connectivity index (χ1) is 14.6. The standard InChI is InChI=1S/C23H25N3O3S/c1-15(21(27)24-14-13-16-7-11-18(29-2)12-8-16)30-23-25-20-6-4-3-5-19(20)22(28)26(23)17-9-10-17/h3-8,11-12,15,17H,9-10,13-14H2,1-2H3,(H,24,27). The number of thioether (sulfide) groups is 1. The van der Waals surface area contributed by atoms with Gasteiger partial charge in [0, 0.05) is 12.6 Å². The fourth-order valence-corrected chi connectivity index (χ4v) is 4.34. The van der Waals surface area contributed by atoms with E-state index >= 15 is 0 Å². The van der Waals surface area contributed by atoms with E-state index in [2.05, 4.69) is 5.32 Å². The van der Waals surface area contributed by atoms with Crippen LogP contribution in [0.1, 0.15) is 31.4 Å². The minimum absolute atomic E-state index is 0.0160. The van der Waals surface area contributed by atoms with Crippen LogP contribution in [0.3, 0.4) is 0 Å². The maximum Gasteiger partial charge on any atom is 0.262 e.